The summed E-state index contributed by atoms with van der Waals surface area (Å²) in [7, 11) is -7.14. The molecule has 8 heteroatoms. The van der Waals surface area contributed by atoms with Crippen molar-refractivity contribution in [1.82, 2.24) is 0 Å². The molecule has 0 heterocycles. The zero-order chi connectivity index (χ0) is 22.9. The molecular formula is C24H20O5S3. The summed E-state index contributed by atoms with van der Waals surface area (Å²) < 4.78 is 49.1. The van der Waals surface area contributed by atoms with Crippen LogP contribution in [0, 0.1) is 13.8 Å². The van der Waals surface area contributed by atoms with Gasteiger partial charge in [-0.25, -0.2) is 4.21 Å². The van der Waals surface area contributed by atoms with Crippen LogP contribution < -0.4 is 8.37 Å². The van der Waals surface area contributed by atoms with Gasteiger partial charge < -0.3 is 8.37 Å². The summed E-state index contributed by atoms with van der Waals surface area (Å²) in [5.41, 5.74) is 1.98. The first-order valence-electron chi connectivity index (χ1n) is 9.69. The fraction of sp³-hybridized carbons (Fsp3) is 0.0833. The highest BCUT2D eigenvalue weighted by atomic mass is 32.8. The fourth-order valence-electron chi connectivity index (χ4n) is 3.07. The Morgan fingerprint density at radius 1 is 0.594 bits per heavy atom. The molecule has 4 aromatic carbocycles. The smallest absolute Gasteiger partial charge is 0.339 e. The van der Waals surface area contributed by atoms with Crippen LogP contribution in [0.5, 0.6) is 11.5 Å². The molecule has 0 spiro atoms. The third-order valence-electron chi connectivity index (χ3n) is 4.81. The Bertz CT molecular complexity index is 1380. The molecule has 0 aliphatic carbocycles. The molecule has 0 saturated carbocycles. The van der Waals surface area contributed by atoms with Gasteiger partial charge in [-0.3, -0.25) is 0 Å². The standard InChI is InChI=1S/C24H20O5S3/c1-17-3-11-23(12-4-17)31(25,26)28-21-9-7-19-8-10-22(16-20(19)15-21)29-32(27,30)24-13-5-18(2)6-14-24/h3-16H,1-2H3. The molecule has 4 rings (SSSR count). The Labute approximate surface area is 192 Å². The zero-order valence-corrected chi connectivity index (χ0v) is 19.8. The number of hydrogen-bond donors (Lipinski definition) is 0. The predicted octanol–water partition coefficient (Wildman–Crippen LogP) is 5.32. The zero-order valence-electron chi connectivity index (χ0n) is 17.3. The van der Waals surface area contributed by atoms with Crippen molar-refractivity contribution in [3.05, 3.63) is 96.1 Å². The molecule has 0 aliphatic heterocycles. The number of rotatable bonds is 6. The van der Waals surface area contributed by atoms with Crippen molar-refractivity contribution in [2.24, 2.45) is 0 Å². The van der Waals surface area contributed by atoms with E-state index in [-0.39, 0.29) is 10.6 Å². The summed E-state index contributed by atoms with van der Waals surface area (Å²) in [4.78, 5) is 0.490. The van der Waals surface area contributed by atoms with Crippen molar-refractivity contribution < 1.29 is 21.0 Å². The number of fused-ring (bicyclic) bond motifs is 1. The van der Waals surface area contributed by atoms with Gasteiger partial charge in [0.15, 0.2) is 0 Å². The van der Waals surface area contributed by atoms with E-state index in [9.17, 15) is 12.6 Å². The highest BCUT2D eigenvalue weighted by Gasteiger charge is 2.17. The molecule has 0 aliphatic rings. The van der Waals surface area contributed by atoms with E-state index in [0.717, 1.165) is 16.5 Å². The summed E-state index contributed by atoms with van der Waals surface area (Å²) in [5, 5.41) is 1.50. The number of hydrogen-bond acceptors (Lipinski definition) is 6. The van der Waals surface area contributed by atoms with Gasteiger partial charge in [-0.1, -0.05) is 47.5 Å². The first kappa shape index (κ1) is 22.3. The number of aryl methyl sites for hydroxylation is 2. The molecule has 5 nitrogen and oxygen atoms in total. The third kappa shape index (κ3) is 4.93. The second-order valence-electron chi connectivity index (χ2n) is 7.37. The molecule has 1 atom stereocenters. The maximum Gasteiger partial charge on any atom is 0.339 e. The number of benzene rings is 4. The summed E-state index contributed by atoms with van der Waals surface area (Å²) in [6.07, 6.45) is 0. The van der Waals surface area contributed by atoms with Gasteiger partial charge in [-0.2, -0.15) is 8.42 Å². The second-order valence-corrected chi connectivity index (χ2v) is 11.8. The Hall–Kier alpha value is -2.94. The predicted molar refractivity (Wildman–Crippen MR) is 129 cm³/mol. The average Bonchev–Trinajstić information content (AvgIpc) is 2.73. The van der Waals surface area contributed by atoms with E-state index in [1.54, 1.807) is 60.7 Å². The van der Waals surface area contributed by atoms with Crippen LogP contribution >= 0.6 is 0 Å². The van der Waals surface area contributed by atoms with E-state index in [1.165, 1.54) is 12.1 Å². The normalized spacial score (nSPS) is 13.4. The van der Waals surface area contributed by atoms with Gasteiger partial charge in [0.2, 0.25) is 8.77 Å². The lowest BCUT2D eigenvalue weighted by atomic mass is 10.1. The largest absolute Gasteiger partial charge is 0.397 e. The van der Waals surface area contributed by atoms with Gasteiger partial charge in [0.25, 0.3) is 0 Å². The van der Waals surface area contributed by atoms with Crippen LogP contribution in [0.1, 0.15) is 11.1 Å². The summed E-state index contributed by atoms with van der Waals surface area (Å²) in [6, 6.07) is 23.5. The summed E-state index contributed by atoms with van der Waals surface area (Å²) in [6.45, 7) is 3.80. The van der Waals surface area contributed by atoms with Crippen molar-refractivity contribution in [3.63, 3.8) is 0 Å². The van der Waals surface area contributed by atoms with Gasteiger partial charge in [-0.15, -0.1) is 0 Å². The Morgan fingerprint density at radius 3 is 1.59 bits per heavy atom. The Balaban J connectivity index is 1.61. The molecular weight excluding hydrogens is 464 g/mol. The van der Waals surface area contributed by atoms with Crippen LogP contribution in [-0.4, -0.2) is 12.6 Å². The van der Waals surface area contributed by atoms with Crippen LogP contribution in [-0.2, 0) is 30.1 Å². The first-order chi connectivity index (χ1) is 15.1. The van der Waals surface area contributed by atoms with E-state index in [2.05, 4.69) is 0 Å². The molecule has 32 heavy (non-hydrogen) atoms. The highest BCUT2D eigenvalue weighted by Crippen LogP contribution is 2.28. The molecule has 0 radical (unpaired) electrons. The minimum absolute atomic E-state index is 0.0734. The minimum Gasteiger partial charge on any atom is -0.397 e. The molecule has 0 saturated heterocycles. The maximum atomic E-state index is 12.9. The lowest BCUT2D eigenvalue weighted by Crippen LogP contribution is -2.09. The molecule has 4 aromatic rings. The van der Waals surface area contributed by atoms with Crippen molar-refractivity contribution in [1.29, 1.82) is 0 Å². The summed E-state index contributed by atoms with van der Waals surface area (Å²) >= 11 is 5.22. The van der Waals surface area contributed by atoms with E-state index in [1.807, 2.05) is 26.0 Å². The summed E-state index contributed by atoms with van der Waals surface area (Å²) in [5.74, 6) is 0.476. The van der Waals surface area contributed by atoms with Crippen molar-refractivity contribution in [2.75, 3.05) is 0 Å². The van der Waals surface area contributed by atoms with Crippen molar-refractivity contribution >= 4 is 40.9 Å². The highest BCUT2D eigenvalue weighted by molar-refractivity contribution is 8.30. The van der Waals surface area contributed by atoms with E-state index >= 15 is 0 Å². The molecule has 0 aromatic heterocycles. The van der Waals surface area contributed by atoms with Gasteiger partial charge in [-0.05, 0) is 73.2 Å². The molecule has 1 unspecified atom stereocenters. The maximum absolute atomic E-state index is 12.9. The fourth-order valence-corrected chi connectivity index (χ4v) is 5.48. The molecule has 0 bridgehead atoms. The monoisotopic (exact) mass is 484 g/mol. The van der Waals surface area contributed by atoms with Crippen LogP contribution in [0.3, 0.4) is 0 Å². The van der Waals surface area contributed by atoms with Crippen LogP contribution in [0.2, 0.25) is 0 Å². The third-order valence-corrected chi connectivity index (χ3v) is 8.12. The van der Waals surface area contributed by atoms with Gasteiger partial charge in [0, 0.05) is 11.2 Å². The second kappa shape index (κ2) is 8.54. The first-order valence-corrected chi connectivity index (χ1v) is 13.5. The van der Waals surface area contributed by atoms with Gasteiger partial charge in [0.1, 0.15) is 16.4 Å². The van der Waals surface area contributed by atoms with Crippen LogP contribution in [0.15, 0.2) is 94.7 Å². The Kier molecular flexibility index (Phi) is 5.94. The molecule has 0 N–H and O–H groups in total. The van der Waals surface area contributed by atoms with E-state index in [4.69, 9.17) is 19.6 Å². The average molecular weight is 485 g/mol. The van der Waals surface area contributed by atoms with Gasteiger partial charge >= 0.3 is 10.1 Å². The quantitative estimate of drug-likeness (QED) is 0.345. The van der Waals surface area contributed by atoms with Crippen LogP contribution in [0.4, 0.5) is 0 Å². The minimum atomic E-state index is -3.97. The topological polar surface area (TPSA) is 69.7 Å². The van der Waals surface area contributed by atoms with E-state index in [0.29, 0.717) is 16.0 Å². The van der Waals surface area contributed by atoms with Crippen molar-refractivity contribution in [3.8, 4) is 11.5 Å². The lowest BCUT2D eigenvalue weighted by Gasteiger charge is -2.12. The SMILES string of the molecule is Cc1ccc(S(=O)(=O)Oc2ccc3ccc(OS(=O)(=S)c4ccc(C)cc4)cc3c2)cc1. The van der Waals surface area contributed by atoms with E-state index < -0.39 is 18.9 Å². The van der Waals surface area contributed by atoms with Gasteiger partial charge in [0.05, 0.1) is 4.90 Å². The molecule has 164 valence electrons. The van der Waals surface area contributed by atoms with Crippen LogP contribution in [0.25, 0.3) is 10.8 Å². The lowest BCUT2D eigenvalue weighted by molar-refractivity contribution is 0.486. The molecule has 0 fully saturated rings. The molecule has 0 amide bonds. The van der Waals surface area contributed by atoms with Crippen molar-refractivity contribution in [2.45, 2.75) is 23.6 Å². The Morgan fingerprint density at radius 2 is 1.06 bits per heavy atom.